The van der Waals surface area contributed by atoms with Crippen LogP contribution in [-0.2, 0) is 37.9 Å². The van der Waals surface area contributed by atoms with Crippen molar-refractivity contribution in [3.05, 3.63) is 0 Å². The molecule has 4 rings (SSSR count). The lowest BCUT2D eigenvalue weighted by molar-refractivity contribution is -0.291. The zero-order chi connectivity index (χ0) is 39.7. The number of hydrogen-bond donors (Lipinski definition) is 14. The van der Waals surface area contributed by atoms with Crippen LogP contribution in [-0.4, -0.2) is 205 Å². The largest absolute Gasteiger partial charge is 0.389 e. The summed E-state index contributed by atoms with van der Waals surface area (Å²) in [6, 6.07) is -4.77. The molecule has 4 fully saturated rings. The lowest BCUT2D eigenvalue weighted by Crippen LogP contribution is -2.67. The molecule has 0 aromatic carbocycles. The Morgan fingerprint density at radius 2 is 0.815 bits per heavy atom. The van der Waals surface area contributed by atoms with E-state index in [-0.39, 0.29) is 39.1 Å². The van der Waals surface area contributed by atoms with Crippen molar-refractivity contribution in [3.63, 3.8) is 0 Å². The molecule has 0 unspecified atom stereocenters. The molecule has 22 nitrogen and oxygen atoms in total. The van der Waals surface area contributed by atoms with E-state index in [9.17, 15) is 30.6 Å². The van der Waals surface area contributed by atoms with E-state index in [0.29, 0.717) is 39.3 Å². The van der Waals surface area contributed by atoms with Crippen molar-refractivity contribution in [1.29, 1.82) is 0 Å². The highest BCUT2D eigenvalue weighted by Gasteiger charge is 2.50. The van der Waals surface area contributed by atoms with Crippen molar-refractivity contribution in [2.45, 2.75) is 148 Å². The summed E-state index contributed by atoms with van der Waals surface area (Å²) in [6.07, 6.45) is -13.7. The first kappa shape index (κ1) is 45.8. The monoisotopic (exact) mass is 786 g/mol. The van der Waals surface area contributed by atoms with Gasteiger partial charge in [-0.2, -0.15) is 0 Å². The van der Waals surface area contributed by atoms with Crippen LogP contribution in [0.2, 0.25) is 0 Å². The van der Waals surface area contributed by atoms with Crippen molar-refractivity contribution in [2.75, 3.05) is 52.7 Å². The second-order valence-corrected chi connectivity index (χ2v) is 14.6. The molecule has 0 bridgehead atoms. The summed E-state index contributed by atoms with van der Waals surface area (Å²) < 4.78 is 46.7. The normalized spacial score (nSPS) is 46.1. The summed E-state index contributed by atoms with van der Waals surface area (Å²) in [6.45, 7) is 1.47. The average molecular weight is 787 g/mol. The third-order valence-electron chi connectivity index (χ3n) is 10.5. The van der Waals surface area contributed by atoms with Gasteiger partial charge in [0.05, 0.1) is 37.5 Å². The highest BCUT2D eigenvalue weighted by molar-refractivity contribution is 5.02. The topological polar surface area (TPSA) is 403 Å². The summed E-state index contributed by atoms with van der Waals surface area (Å²) in [5.74, 6) is 0. The lowest BCUT2D eigenvalue weighted by atomic mass is 9.84. The number of hydrogen-bond acceptors (Lipinski definition) is 22. The van der Waals surface area contributed by atoms with Gasteiger partial charge in [-0.05, 0) is 25.7 Å². The van der Waals surface area contributed by atoms with Crippen molar-refractivity contribution >= 4 is 0 Å². The smallest absolute Gasteiger partial charge is 0.176 e. The molecule has 0 radical (unpaired) electrons. The van der Waals surface area contributed by atoms with Gasteiger partial charge >= 0.3 is 0 Å². The molecule has 0 amide bonds. The Labute approximate surface area is 314 Å². The molecule has 318 valence electrons. The molecule has 2 heterocycles. The van der Waals surface area contributed by atoms with Gasteiger partial charge in [0.25, 0.3) is 0 Å². The number of aliphatic hydroxyl groups is 6. The van der Waals surface area contributed by atoms with E-state index in [1.165, 1.54) is 0 Å². The molecule has 0 spiro atoms. The molecule has 22 heteroatoms. The molecular weight excluding hydrogens is 720 g/mol. The quantitative estimate of drug-likeness (QED) is 0.0540. The van der Waals surface area contributed by atoms with E-state index in [4.69, 9.17) is 83.8 Å². The highest BCUT2D eigenvalue weighted by Crippen LogP contribution is 2.30. The van der Waals surface area contributed by atoms with E-state index < -0.39 is 122 Å². The number of rotatable bonds is 19. The van der Waals surface area contributed by atoms with E-state index in [1.807, 2.05) is 0 Å². The number of nitrogens with two attached hydrogens (primary N) is 8. The molecule has 0 aromatic rings. The maximum absolute atomic E-state index is 10.8. The van der Waals surface area contributed by atoms with Crippen LogP contribution in [0, 0.1) is 0 Å². The third-order valence-corrected chi connectivity index (χ3v) is 10.5. The molecule has 4 aliphatic rings. The molecule has 54 heavy (non-hydrogen) atoms. The minimum absolute atomic E-state index is 0.0767. The summed E-state index contributed by atoms with van der Waals surface area (Å²) in [5.41, 5.74) is 48.3. The SMILES string of the molecule is NC[C@H]1O[C@H](O[C@H]2[C@H](OCCCOCCOCCCO[C@@H]3[C@@H](O)[C@H](N)C[C@H](N)[C@H]3O[C@H]3O[C@H](CN)[C@@H](O)[C@H](O)[C@H]3N)[C@@H](O)[C@H](N)C[C@@H]2N)[C@H](N)[C@@H](O)[C@@H]1O. The molecule has 2 aliphatic heterocycles. The number of aliphatic hydroxyl groups excluding tert-OH is 6. The first-order valence-electron chi connectivity index (χ1n) is 18.7. The van der Waals surface area contributed by atoms with Gasteiger partial charge in [-0.15, -0.1) is 0 Å². The summed E-state index contributed by atoms with van der Waals surface area (Å²) in [7, 11) is 0. The van der Waals surface area contributed by atoms with Crippen molar-refractivity contribution < 1.29 is 68.5 Å². The van der Waals surface area contributed by atoms with Crippen LogP contribution in [0.1, 0.15) is 25.7 Å². The van der Waals surface area contributed by atoms with Crippen LogP contribution in [0.4, 0.5) is 0 Å². The zero-order valence-corrected chi connectivity index (χ0v) is 30.6. The maximum Gasteiger partial charge on any atom is 0.176 e. The molecule has 2 saturated carbocycles. The second kappa shape index (κ2) is 21.8. The van der Waals surface area contributed by atoms with E-state index in [1.54, 1.807) is 0 Å². The van der Waals surface area contributed by atoms with Gasteiger partial charge in [0, 0.05) is 63.7 Å². The molecule has 20 atom stereocenters. The maximum atomic E-state index is 10.8. The van der Waals surface area contributed by atoms with Crippen LogP contribution >= 0.6 is 0 Å². The Hall–Kier alpha value is -0.880. The summed E-state index contributed by atoms with van der Waals surface area (Å²) in [5, 5.41) is 62.7. The lowest BCUT2D eigenvalue weighted by Gasteiger charge is -2.46. The first-order valence-corrected chi connectivity index (χ1v) is 18.7. The molecule has 2 aliphatic carbocycles. The van der Waals surface area contributed by atoms with Crippen LogP contribution in [0.25, 0.3) is 0 Å². The third kappa shape index (κ3) is 11.4. The fourth-order valence-electron chi connectivity index (χ4n) is 7.21. The van der Waals surface area contributed by atoms with Crippen LogP contribution in [0.15, 0.2) is 0 Å². The fourth-order valence-corrected chi connectivity index (χ4v) is 7.21. The Morgan fingerprint density at radius 3 is 1.17 bits per heavy atom. The molecular formula is C32H66N8O14. The zero-order valence-electron chi connectivity index (χ0n) is 30.6. The fraction of sp³-hybridized carbons (Fsp3) is 1.00. The Morgan fingerprint density at radius 1 is 0.444 bits per heavy atom. The summed E-state index contributed by atoms with van der Waals surface area (Å²) in [4.78, 5) is 0. The highest BCUT2D eigenvalue weighted by atomic mass is 16.7. The minimum Gasteiger partial charge on any atom is -0.389 e. The Bertz CT molecular complexity index is 1000. The number of ether oxygens (including phenoxy) is 8. The van der Waals surface area contributed by atoms with E-state index in [0.717, 1.165) is 0 Å². The molecule has 0 aromatic heterocycles. The van der Waals surface area contributed by atoms with Gasteiger partial charge in [-0.1, -0.05) is 0 Å². The standard InChI is InChI=1S/C32H66N8O14/c33-11-17-23(43)25(45)19(39)31(51-17)53-27-15(37)9-13(35)21(41)29(27)49-5-1-3-47-7-8-48-4-2-6-50-30-22(42)14(36)10-16(38)28(30)54-32-20(40)26(46)24(44)18(12-34)52-32/h13-32,41-46H,1-12,33-40H2/t13-,14-,15+,16+,17-,18-,19-,20-,21+,22+,23-,24-,25-,26-,27-,28-,29-,30-,31-,32-/m1/s1. The van der Waals surface area contributed by atoms with Crippen molar-refractivity contribution in [3.8, 4) is 0 Å². The van der Waals surface area contributed by atoms with Crippen LogP contribution in [0.3, 0.4) is 0 Å². The van der Waals surface area contributed by atoms with Gasteiger partial charge < -0.3 is 114 Å². The Balaban J connectivity index is 1.13. The summed E-state index contributed by atoms with van der Waals surface area (Å²) >= 11 is 0. The van der Waals surface area contributed by atoms with Crippen LogP contribution in [0.5, 0.6) is 0 Å². The van der Waals surface area contributed by atoms with Crippen LogP contribution < -0.4 is 45.9 Å². The Kier molecular flexibility index (Phi) is 18.5. The minimum atomic E-state index is -1.34. The van der Waals surface area contributed by atoms with Gasteiger partial charge in [-0.25, -0.2) is 0 Å². The van der Waals surface area contributed by atoms with Gasteiger partial charge in [0.15, 0.2) is 12.6 Å². The van der Waals surface area contributed by atoms with E-state index >= 15 is 0 Å². The van der Waals surface area contributed by atoms with Gasteiger partial charge in [-0.3, -0.25) is 0 Å². The first-order chi connectivity index (χ1) is 25.7. The van der Waals surface area contributed by atoms with Crippen molar-refractivity contribution in [2.24, 2.45) is 45.9 Å². The predicted molar refractivity (Wildman–Crippen MR) is 189 cm³/mol. The molecule has 22 N–H and O–H groups in total. The predicted octanol–water partition coefficient (Wildman–Crippen LogP) is -8.36. The van der Waals surface area contributed by atoms with Gasteiger partial charge in [0.2, 0.25) is 0 Å². The van der Waals surface area contributed by atoms with Crippen molar-refractivity contribution in [1.82, 2.24) is 0 Å². The molecule has 2 saturated heterocycles. The van der Waals surface area contributed by atoms with Gasteiger partial charge in [0.1, 0.15) is 61.0 Å². The average Bonchev–Trinajstić information content (AvgIpc) is 3.14. The van der Waals surface area contributed by atoms with E-state index in [2.05, 4.69) is 0 Å². The second-order valence-electron chi connectivity index (χ2n) is 14.6.